The van der Waals surface area contributed by atoms with E-state index in [9.17, 15) is 19.8 Å². The molecule has 0 saturated heterocycles. The molecule has 7 heteroatoms. The predicted octanol–water partition coefficient (Wildman–Crippen LogP) is 2.79. The SMILES string of the molecule is O=C(O)CCC/C=C\C[C@@H]1[C@@H](COC(=O)Nc2ccccc2)[C@H](O)C[C@H]1O. The van der Waals surface area contributed by atoms with Crippen molar-refractivity contribution in [3.63, 3.8) is 0 Å². The number of amides is 1. The second-order valence-electron chi connectivity index (χ2n) is 6.78. The number of allylic oxidation sites excluding steroid dienone is 2. The van der Waals surface area contributed by atoms with Gasteiger partial charge in [0.15, 0.2) is 0 Å². The molecule has 0 aromatic heterocycles. The Morgan fingerprint density at radius 1 is 1.11 bits per heavy atom. The number of anilines is 1. The lowest BCUT2D eigenvalue weighted by Crippen LogP contribution is -2.28. The molecule has 1 aliphatic carbocycles. The second-order valence-corrected chi connectivity index (χ2v) is 6.78. The molecule has 0 bridgehead atoms. The fraction of sp³-hybridized carbons (Fsp3) is 0.500. The van der Waals surface area contributed by atoms with Crippen LogP contribution in [0.25, 0.3) is 0 Å². The molecule has 4 N–H and O–H groups in total. The van der Waals surface area contributed by atoms with Gasteiger partial charge in [0.2, 0.25) is 0 Å². The van der Waals surface area contributed by atoms with Crippen LogP contribution in [0.3, 0.4) is 0 Å². The number of aliphatic carboxylic acids is 1. The molecule has 1 aromatic carbocycles. The highest BCUT2D eigenvalue weighted by atomic mass is 16.5. The zero-order valence-corrected chi connectivity index (χ0v) is 15.2. The minimum atomic E-state index is -0.816. The van der Waals surface area contributed by atoms with Gasteiger partial charge in [0.1, 0.15) is 0 Å². The summed E-state index contributed by atoms with van der Waals surface area (Å²) in [6.45, 7) is 0.0222. The molecule has 2 rings (SSSR count). The summed E-state index contributed by atoms with van der Waals surface area (Å²) in [5.74, 6) is -1.37. The molecule has 1 aliphatic rings. The first kappa shape index (κ1) is 20.9. The van der Waals surface area contributed by atoms with E-state index in [1.165, 1.54) is 0 Å². The number of unbranched alkanes of at least 4 members (excludes halogenated alkanes) is 1. The van der Waals surface area contributed by atoms with Gasteiger partial charge in [-0.25, -0.2) is 4.79 Å². The third-order valence-electron chi connectivity index (χ3n) is 4.78. The summed E-state index contributed by atoms with van der Waals surface area (Å²) in [7, 11) is 0. The third kappa shape index (κ3) is 7.03. The van der Waals surface area contributed by atoms with E-state index in [2.05, 4.69) is 5.32 Å². The number of carboxylic acid groups (broad SMARTS) is 1. The van der Waals surface area contributed by atoms with Crippen molar-refractivity contribution in [2.24, 2.45) is 11.8 Å². The average molecular weight is 377 g/mol. The molecule has 0 unspecified atom stereocenters. The van der Waals surface area contributed by atoms with Crippen molar-refractivity contribution in [2.45, 2.75) is 44.3 Å². The minimum absolute atomic E-state index is 0.0222. The molecule has 0 spiro atoms. The molecule has 7 nitrogen and oxygen atoms in total. The number of para-hydroxylation sites is 1. The number of nitrogens with one attached hydrogen (secondary N) is 1. The predicted molar refractivity (Wildman–Crippen MR) is 100 cm³/mol. The molecule has 0 radical (unpaired) electrons. The normalized spacial score (nSPS) is 24.8. The Bertz CT molecular complexity index is 633. The third-order valence-corrected chi connectivity index (χ3v) is 4.78. The number of aliphatic hydroxyl groups is 2. The number of carboxylic acids is 1. The van der Waals surface area contributed by atoms with Gasteiger partial charge < -0.3 is 20.1 Å². The van der Waals surface area contributed by atoms with Crippen LogP contribution in [-0.4, -0.2) is 46.2 Å². The van der Waals surface area contributed by atoms with E-state index in [1.807, 2.05) is 18.2 Å². The summed E-state index contributed by atoms with van der Waals surface area (Å²) in [4.78, 5) is 22.4. The molecular weight excluding hydrogens is 350 g/mol. The lowest BCUT2D eigenvalue weighted by atomic mass is 9.91. The van der Waals surface area contributed by atoms with E-state index in [0.29, 0.717) is 24.9 Å². The molecule has 1 aromatic rings. The van der Waals surface area contributed by atoms with Gasteiger partial charge in [-0.1, -0.05) is 30.4 Å². The summed E-state index contributed by atoms with van der Waals surface area (Å²) in [5, 5.41) is 31.6. The van der Waals surface area contributed by atoms with Crippen molar-refractivity contribution in [3.05, 3.63) is 42.5 Å². The smallest absolute Gasteiger partial charge is 0.411 e. The van der Waals surface area contributed by atoms with Gasteiger partial charge in [0.25, 0.3) is 0 Å². The Morgan fingerprint density at radius 3 is 2.52 bits per heavy atom. The first-order valence-electron chi connectivity index (χ1n) is 9.19. The molecule has 1 saturated carbocycles. The molecule has 0 aliphatic heterocycles. The van der Waals surface area contributed by atoms with Crippen molar-refractivity contribution in [2.75, 3.05) is 11.9 Å². The molecule has 0 heterocycles. The molecular formula is C20H27NO6. The fourth-order valence-corrected chi connectivity index (χ4v) is 3.32. The number of carbonyl (C=O) groups is 2. The number of rotatable bonds is 9. The monoisotopic (exact) mass is 377 g/mol. The zero-order valence-electron chi connectivity index (χ0n) is 15.2. The highest BCUT2D eigenvalue weighted by molar-refractivity contribution is 5.84. The maximum atomic E-state index is 11.9. The summed E-state index contributed by atoms with van der Waals surface area (Å²) in [6, 6.07) is 8.92. The van der Waals surface area contributed by atoms with Gasteiger partial charge in [-0.3, -0.25) is 10.1 Å². The van der Waals surface area contributed by atoms with Crippen molar-refractivity contribution in [3.8, 4) is 0 Å². The lowest BCUT2D eigenvalue weighted by molar-refractivity contribution is -0.137. The molecule has 27 heavy (non-hydrogen) atoms. The summed E-state index contributed by atoms with van der Waals surface area (Å²) in [5.41, 5.74) is 0.621. The van der Waals surface area contributed by atoms with E-state index in [4.69, 9.17) is 9.84 Å². The largest absolute Gasteiger partial charge is 0.481 e. The molecule has 1 amide bonds. The topological polar surface area (TPSA) is 116 Å². The van der Waals surface area contributed by atoms with Gasteiger partial charge in [-0.05, 0) is 43.7 Å². The number of ether oxygens (including phenoxy) is 1. The minimum Gasteiger partial charge on any atom is -0.481 e. The van der Waals surface area contributed by atoms with Crippen molar-refractivity contribution < 1.29 is 29.6 Å². The Labute approximate surface area is 158 Å². The van der Waals surface area contributed by atoms with Crippen LogP contribution >= 0.6 is 0 Å². The van der Waals surface area contributed by atoms with E-state index in [-0.39, 0.29) is 31.3 Å². The summed E-state index contributed by atoms with van der Waals surface area (Å²) >= 11 is 0. The van der Waals surface area contributed by atoms with Crippen molar-refractivity contribution in [1.82, 2.24) is 0 Å². The number of carbonyl (C=O) groups excluding carboxylic acids is 1. The van der Waals surface area contributed by atoms with Gasteiger partial charge >= 0.3 is 12.1 Å². The molecule has 1 fully saturated rings. The highest BCUT2D eigenvalue weighted by Gasteiger charge is 2.41. The quantitative estimate of drug-likeness (QED) is 0.388. The fourth-order valence-electron chi connectivity index (χ4n) is 3.32. The summed E-state index contributed by atoms with van der Waals surface area (Å²) in [6.07, 6.45) is 3.94. The Morgan fingerprint density at radius 2 is 1.81 bits per heavy atom. The van der Waals surface area contributed by atoms with Crippen LogP contribution in [0.4, 0.5) is 10.5 Å². The number of benzene rings is 1. The Kier molecular flexibility index (Phi) is 8.29. The van der Waals surface area contributed by atoms with E-state index >= 15 is 0 Å². The lowest BCUT2D eigenvalue weighted by Gasteiger charge is -2.22. The van der Waals surface area contributed by atoms with Crippen LogP contribution in [0.5, 0.6) is 0 Å². The zero-order chi connectivity index (χ0) is 19.6. The van der Waals surface area contributed by atoms with Crippen molar-refractivity contribution >= 4 is 17.7 Å². The number of hydrogen-bond acceptors (Lipinski definition) is 5. The summed E-state index contributed by atoms with van der Waals surface area (Å²) < 4.78 is 5.24. The van der Waals surface area contributed by atoms with Crippen LogP contribution in [0, 0.1) is 11.8 Å². The maximum Gasteiger partial charge on any atom is 0.411 e. The van der Waals surface area contributed by atoms with E-state index in [1.54, 1.807) is 24.3 Å². The van der Waals surface area contributed by atoms with Crippen LogP contribution in [0.2, 0.25) is 0 Å². The Hall–Kier alpha value is -2.38. The van der Waals surface area contributed by atoms with Crippen LogP contribution in [-0.2, 0) is 9.53 Å². The van der Waals surface area contributed by atoms with Gasteiger partial charge in [0.05, 0.1) is 18.8 Å². The standard InChI is InChI=1S/C20H27NO6/c22-17-12-18(23)16(15(17)10-6-1-2-7-11-19(24)25)13-27-20(26)21-14-8-4-3-5-9-14/h1,3-6,8-9,15-18,22-23H,2,7,10-13H2,(H,21,26)(H,24,25)/b6-1-/t15-,16-,17-,18-/m1/s1. The van der Waals surface area contributed by atoms with E-state index < -0.39 is 24.3 Å². The van der Waals surface area contributed by atoms with Crippen LogP contribution in [0.1, 0.15) is 32.1 Å². The highest BCUT2D eigenvalue weighted by Crippen LogP contribution is 2.35. The Balaban J connectivity index is 1.79. The number of aliphatic hydroxyl groups excluding tert-OH is 2. The first-order chi connectivity index (χ1) is 13.0. The average Bonchev–Trinajstić information content (AvgIpc) is 2.89. The van der Waals surface area contributed by atoms with Crippen LogP contribution < -0.4 is 5.32 Å². The maximum absolute atomic E-state index is 11.9. The van der Waals surface area contributed by atoms with Crippen molar-refractivity contribution in [1.29, 1.82) is 0 Å². The second kappa shape index (κ2) is 10.7. The van der Waals surface area contributed by atoms with Gasteiger partial charge in [-0.15, -0.1) is 0 Å². The van der Waals surface area contributed by atoms with E-state index in [0.717, 1.165) is 0 Å². The number of hydrogen-bond donors (Lipinski definition) is 4. The van der Waals surface area contributed by atoms with Gasteiger partial charge in [-0.2, -0.15) is 0 Å². The first-order valence-corrected chi connectivity index (χ1v) is 9.19. The van der Waals surface area contributed by atoms with Gasteiger partial charge in [0, 0.05) is 18.0 Å². The molecule has 148 valence electrons. The van der Waals surface area contributed by atoms with Crippen LogP contribution in [0.15, 0.2) is 42.5 Å². The molecule has 4 atom stereocenters.